The molecule has 72 valence electrons. The predicted molar refractivity (Wildman–Crippen MR) is 54.6 cm³/mol. The summed E-state index contributed by atoms with van der Waals surface area (Å²) in [5, 5.41) is 3.25. The van der Waals surface area contributed by atoms with Gasteiger partial charge in [-0.1, -0.05) is 12.7 Å². The number of nitrogens with one attached hydrogen (secondary N) is 1. The summed E-state index contributed by atoms with van der Waals surface area (Å²) in [5.41, 5.74) is -0.362. The van der Waals surface area contributed by atoms with Gasteiger partial charge in [0.2, 0.25) is 5.91 Å². The SMILES string of the molecule is C=CC1(C)NC(=O)C2CC(S)CN21. The summed E-state index contributed by atoms with van der Waals surface area (Å²) in [6.45, 7) is 6.59. The van der Waals surface area contributed by atoms with Crippen LogP contribution in [0.5, 0.6) is 0 Å². The molecule has 13 heavy (non-hydrogen) atoms. The molecule has 2 rings (SSSR count). The molecule has 1 N–H and O–H groups in total. The molecule has 2 saturated heterocycles. The molecule has 2 fully saturated rings. The molecule has 2 aliphatic rings. The third-order valence-corrected chi connectivity index (χ3v) is 3.33. The van der Waals surface area contributed by atoms with Crippen molar-refractivity contribution in [3.8, 4) is 0 Å². The number of hydrogen-bond acceptors (Lipinski definition) is 3. The number of amides is 1. The summed E-state index contributed by atoms with van der Waals surface area (Å²) in [6.07, 6.45) is 2.63. The van der Waals surface area contributed by atoms with Crippen LogP contribution in [0.25, 0.3) is 0 Å². The minimum absolute atomic E-state index is 0.00509. The summed E-state index contributed by atoms with van der Waals surface area (Å²) in [4.78, 5) is 13.7. The molecule has 0 aromatic heterocycles. The van der Waals surface area contributed by atoms with Crippen LogP contribution in [-0.4, -0.2) is 34.3 Å². The van der Waals surface area contributed by atoms with Crippen LogP contribution in [0.15, 0.2) is 12.7 Å². The van der Waals surface area contributed by atoms with Gasteiger partial charge in [-0.15, -0.1) is 0 Å². The molecule has 0 aromatic carbocycles. The minimum Gasteiger partial charge on any atom is -0.333 e. The topological polar surface area (TPSA) is 32.3 Å². The largest absolute Gasteiger partial charge is 0.333 e. The van der Waals surface area contributed by atoms with Gasteiger partial charge in [-0.25, -0.2) is 0 Å². The second kappa shape index (κ2) is 2.75. The molecule has 0 spiro atoms. The number of rotatable bonds is 1. The van der Waals surface area contributed by atoms with Crippen LogP contribution in [-0.2, 0) is 4.79 Å². The van der Waals surface area contributed by atoms with Crippen LogP contribution in [0, 0.1) is 0 Å². The lowest BCUT2D eigenvalue weighted by atomic mass is 10.2. The van der Waals surface area contributed by atoms with Crippen molar-refractivity contribution in [3.63, 3.8) is 0 Å². The molecule has 3 nitrogen and oxygen atoms in total. The molecular formula is C9H14N2OS. The highest BCUT2D eigenvalue weighted by molar-refractivity contribution is 7.81. The molecule has 3 unspecified atom stereocenters. The zero-order valence-corrected chi connectivity index (χ0v) is 8.55. The first-order valence-electron chi connectivity index (χ1n) is 4.47. The third-order valence-electron chi connectivity index (χ3n) is 2.95. The lowest BCUT2D eigenvalue weighted by molar-refractivity contribution is -0.121. The molecular weight excluding hydrogens is 184 g/mol. The van der Waals surface area contributed by atoms with Crippen molar-refractivity contribution in [1.29, 1.82) is 0 Å². The Kier molecular flexibility index (Phi) is 1.92. The maximum atomic E-state index is 11.5. The van der Waals surface area contributed by atoms with Crippen molar-refractivity contribution >= 4 is 18.5 Å². The van der Waals surface area contributed by atoms with Gasteiger partial charge in [0.1, 0.15) is 5.66 Å². The van der Waals surface area contributed by atoms with E-state index in [2.05, 4.69) is 29.4 Å². The monoisotopic (exact) mass is 198 g/mol. The molecule has 0 saturated carbocycles. The maximum absolute atomic E-state index is 11.5. The summed E-state index contributed by atoms with van der Waals surface area (Å²) < 4.78 is 0. The maximum Gasteiger partial charge on any atom is 0.239 e. The second-order valence-corrected chi connectivity index (χ2v) is 4.63. The van der Waals surface area contributed by atoms with E-state index < -0.39 is 0 Å². The molecule has 0 radical (unpaired) electrons. The zero-order chi connectivity index (χ0) is 9.64. The fourth-order valence-electron chi connectivity index (χ4n) is 2.15. The lowest BCUT2D eigenvalue weighted by Gasteiger charge is -2.30. The zero-order valence-electron chi connectivity index (χ0n) is 7.66. The van der Waals surface area contributed by atoms with Gasteiger partial charge in [0.05, 0.1) is 6.04 Å². The highest BCUT2D eigenvalue weighted by atomic mass is 32.1. The average molecular weight is 198 g/mol. The molecule has 0 bridgehead atoms. The van der Waals surface area contributed by atoms with Gasteiger partial charge in [-0.2, -0.15) is 12.6 Å². The highest BCUT2D eigenvalue weighted by Crippen LogP contribution is 2.33. The van der Waals surface area contributed by atoms with Gasteiger partial charge in [0.15, 0.2) is 0 Å². The number of thiol groups is 1. The molecule has 0 aromatic rings. The number of carbonyl (C=O) groups excluding carboxylic acids is 1. The normalized spacial score (nSPS) is 44.6. The summed E-state index contributed by atoms with van der Waals surface area (Å²) in [6, 6.07) is 0.00509. The Balaban J connectivity index is 2.29. The van der Waals surface area contributed by atoms with Gasteiger partial charge in [0, 0.05) is 11.8 Å². The Morgan fingerprint density at radius 2 is 2.54 bits per heavy atom. The van der Waals surface area contributed by atoms with Gasteiger partial charge in [0.25, 0.3) is 0 Å². The van der Waals surface area contributed by atoms with Crippen molar-refractivity contribution in [2.75, 3.05) is 6.54 Å². The van der Waals surface area contributed by atoms with Crippen LogP contribution in [0.4, 0.5) is 0 Å². The van der Waals surface area contributed by atoms with E-state index >= 15 is 0 Å². The van der Waals surface area contributed by atoms with Crippen molar-refractivity contribution in [3.05, 3.63) is 12.7 Å². The van der Waals surface area contributed by atoms with Gasteiger partial charge >= 0.3 is 0 Å². The highest BCUT2D eigenvalue weighted by Gasteiger charge is 2.50. The predicted octanol–water partition coefficient (Wildman–Crippen LogP) is 0.391. The molecule has 3 atom stereocenters. The Labute approximate surface area is 83.6 Å². The van der Waals surface area contributed by atoms with Crippen LogP contribution in [0.2, 0.25) is 0 Å². The van der Waals surface area contributed by atoms with E-state index in [0.717, 1.165) is 13.0 Å². The van der Waals surface area contributed by atoms with Crippen LogP contribution in [0.3, 0.4) is 0 Å². The second-order valence-electron chi connectivity index (χ2n) is 3.90. The molecule has 2 aliphatic heterocycles. The fraction of sp³-hybridized carbons (Fsp3) is 0.667. The smallest absolute Gasteiger partial charge is 0.239 e. The first kappa shape index (κ1) is 9.09. The van der Waals surface area contributed by atoms with Gasteiger partial charge < -0.3 is 5.32 Å². The van der Waals surface area contributed by atoms with Crippen molar-refractivity contribution < 1.29 is 4.79 Å². The van der Waals surface area contributed by atoms with E-state index in [1.807, 2.05) is 6.92 Å². The van der Waals surface area contributed by atoms with Gasteiger partial charge in [-0.05, 0) is 13.3 Å². The molecule has 4 heteroatoms. The molecule has 2 heterocycles. The van der Waals surface area contributed by atoms with Gasteiger partial charge in [-0.3, -0.25) is 9.69 Å². The standard InChI is InChI=1S/C9H14N2OS/c1-3-9(2)10-8(12)7-4-6(13)5-11(7)9/h3,6-7,13H,1,4-5H2,2H3,(H,10,12). The third kappa shape index (κ3) is 1.20. The average Bonchev–Trinajstić information content (AvgIpc) is 2.55. The van der Waals surface area contributed by atoms with Crippen molar-refractivity contribution in [2.24, 2.45) is 0 Å². The van der Waals surface area contributed by atoms with Crippen molar-refractivity contribution in [2.45, 2.75) is 30.3 Å². The Hall–Kier alpha value is -0.480. The van der Waals surface area contributed by atoms with E-state index in [9.17, 15) is 4.79 Å². The molecule has 1 amide bonds. The van der Waals surface area contributed by atoms with E-state index in [1.165, 1.54) is 0 Å². The van der Waals surface area contributed by atoms with Crippen LogP contribution in [0.1, 0.15) is 13.3 Å². The first-order chi connectivity index (χ1) is 6.07. The minimum atomic E-state index is -0.362. The van der Waals surface area contributed by atoms with E-state index in [4.69, 9.17) is 0 Å². The first-order valence-corrected chi connectivity index (χ1v) is 4.99. The Morgan fingerprint density at radius 1 is 1.85 bits per heavy atom. The number of hydrogen-bond donors (Lipinski definition) is 2. The van der Waals surface area contributed by atoms with Crippen molar-refractivity contribution in [1.82, 2.24) is 10.2 Å². The van der Waals surface area contributed by atoms with Crippen LogP contribution < -0.4 is 5.32 Å². The van der Waals surface area contributed by atoms with E-state index in [1.54, 1.807) is 6.08 Å². The quantitative estimate of drug-likeness (QED) is 0.472. The lowest BCUT2D eigenvalue weighted by Crippen LogP contribution is -2.47. The van der Waals surface area contributed by atoms with E-state index in [0.29, 0.717) is 5.25 Å². The van der Waals surface area contributed by atoms with E-state index in [-0.39, 0.29) is 17.6 Å². The summed E-state index contributed by atoms with van der Waals surface area (Å²) in [5.74, 6) is 0.110. The number of nitrogens with zero attached hydrogens (tertiary/aromatic N) is 1. The molecule has 0 aliphatic carbocycles. The number of carbonyl (C=O) groups is 1. The summed E-state index contributed by atoms with van der Waals surface area (Å²) in [7, 11) is 0. The van der Waals surface area contributed by atoms with Crippen LogP contribution >= 0.6 is 12.6 Å². The summed E-state index contributed by atoms with van der Waals surface area (Å²) >= 11 is 4.40. The number of fused-ring (bicyclic) bond motifs is 1. The Bertz CT molecular complexity index is 268. The fourth-order valence-corrected chi connectivity index (χ4v) is 2.52. The Morgan fingerprint density at radius 3 is 3.15 bits per heavy atom.